The van der Waals surface area contributed by atoms with Crippen LogP contribution in [-0.4, -0.2) is 34.9 Å². The molecule has 0 unspecified atom stereocenters. The average molecular weight is 199 g/mol. The van der Waals surface area contributed by atoms with E-state index in [0.29, 0.717) is 11.5 Å². The van der Waals surface area contributed by atoms with Crippen LogP contribution in [0.4, 0.5) is 0 Å². The van der Waals surface area contributed by atoms with E-state index in [0.717, 1.165) is 18.5 Å². The van der Waals surface area contributed by atoms with Crippen molar-refractivity contribution < 1.29 is 9.47 Å². The van der Waals surface area contributed by atoms with Crippen molar-refractivity contribution in [2.24, 2.45) is 0 Å². The number of fused-ring (bicyclic) bond motifs is 1. The lowest BCUT2D eigenvalue weighted by Gasteiger charge is -2.18. The van der Waals surface area contributed by atoms with Crippen LogP contribution in [-0.2, 0) is 6.42 Å². The molecule has 1 N–H and O–H groups in total. The molecule has 0 saturated carbocycles. The van der Waals surface area contributed by atoms with Crippen molar-refractivity contribution in [3.05, 3.63) is 23.8 Å². The third-order valence-electron chi connectivity index (χ3n) is 2.21. The molecule has 74 valence electrons. The minimum absolute atomic E-state index is 0.591. The fraction of sp³-hybridized carbons (Fsp3) is 0.400. The zero-order chi connectivity index (χ0) is 10.9. The van der Waals surface area contributed by atoms with Crippen molar-refractivity contribution >= 4 is 15.7 Å². The number of likely N-dealkylation sites (N-methyl/N-ethyl adjacent to an activating group) is 1. The SMILES string of the molecule is [B]C1([B])Oc2ccc(CCNC)cc2O1. The molecule has 1 aliphatic heterocycles. The maximum absolute atomic E-state index is 5.50. The van der Waals surface area contributed by atoms with Crippen LogP contribution < -0.4 is 14.8 Å². The predicted molar refractivity (Wildman–Crippen MR) is 59.6 cm³/mol. The minimum atomic E-state index is -1.52. The number of nitrogens with one attached hydrogen (secondary N) is 1. The lowest BCUT2D eigenvalue weighted by molar-refractivity contribution is 0.0833. The van der Waals surface area contributed by atoms with Gasteiger partial charge in [-0.15, -0.1) is 0 Å². The average Bonchev–Trinajstić information content (AvgIpc) is 2.47. The molecule has 0 amide bonds. The van der Waals surface area contributed by atoms with Gasteiger partial charge in [-0.25, -0.2) is 0 Å². The van der Waals surface area contributed by atoms with Crippen LogP contribution in [0.25, 0.3) is 0 Å². The molecule has 0 fully saturated rings. The van der Waals surface area contributed by atoms with Gasteiger partial charge in [-0.2, -0.15) is 0 Å². The summed E-state index contributed by atoms with van der Waals surface area (Å²) in [6, 6.07) is 5.69. The van der Waals surface area contributed by atoms with Crippen molar-refractivity contribution in [2.45, 2.75) is 12.0 Å². The predicted octanol–water partition coefficient (Wildman–Crippen LogP) is 0.168. The van der Waals surface area contributed by atoms with E-state index >= 15 is 0 Å². The molecule has 0 aromatic heterocycles. The van der Waals surface area contributed by atoms with Gasteiger partial charge in [0, 0.05) is 0 Å². The minimum Gasteiger partial charge on any atom is -0.468 e. The maximum atomic E-state index is 5.50. The van der Waals surface area contributed by atoms with Crippen molar-refractivity contribution in [2.75, 3.05) is 13.6 Å². The van der Waals surface area contributed by atoms with Gasteiger partial charge in [0.2, 0.25) is 0 Å². The first-order chi connectivity index (χ1) is 7.11. The highest BCUT2D eigenvalue weighted by Crippen LogP contribution is 2.37. The number of hydrogen-bond acceptors (Lipinski definition) is 3. The molecule has 0 atom stereocenters. The van der Waals surface area contributed by atoms with Crippen LogP contribution >= 0.6 is 0 Å². The Hall–Kier alpha value is -1.09. The van der Waals surface area contributed by atoms with Crippen molar-refractivity contribution in [1.29, 1.82) is 0 Å². The van der Waals surface area contributed by atoms with E-state index in [4.69, 9.17) is 25.2 Å². The van der Waals surface area contributed by atoms with E-state index in [-0.39, 0.29) is 0 Å². The van der Waals surface area contributed by atoms with Crippen LogP contribution in [0.1, 0.15) is 5.56 Å². The molecular weight excluding hydrogens is 188 g/mol. The molecule has 2 rings (SSSR count). The lowest BCUT2D eigenvalue weighted by atomic mass is 9.76. The Bertz CT molecular complexity index is 368. The monoisotopic (exact) mass is 199 g/mol. The third kappa shape index (κ3) is 2.29. The van der Waals surface area contributed by atoms with E-state index in [1.165, 1.54) is 0 Å². The molecule has 1 aromatic rings. The summed E-state index contributed by atoms with van der Waals surface area (Å²) in [4.78, 5) is 0. The molecule has 3 nitrogen and oxygen atoms in total. The fourth-order valence-electron chi connectivity index (χ4n) is 1.51. The van der Waals surface area contributed by atoms with Gasteiger partial charge in [0.15, 0.2) is 32.8 Å². The van der Waals surface area contributed by atoms with Crippen molar-refractivity contribution in [1.82, 2.24) is 5.32 Å². The van der Waals surface area contributed by atoms with Crippen LogP contribution in [0.5, 0.6) is 11.5 Å². The summed E-state index contributed by atoms with van der Waals surface area (Å²) in [7, 11) is 12.9. The maximum Gasteiger partial charge on any atom is 0.175 e. The van der Waals surface area contributed by atoms with Crippen molar-refractivity contribution in [3.8, 4) is 11.5 Å². The van der Waals surface area contributed by atoms with Gasteiger partial charge in [0.1, 0.15) is 0 Å². The Morgan fingerprint density at radius 3 is 2.73 bits per heavy atom. The van der Waals surface area contributed by atoms with Crippen LogP contribution in [0, 0.1) is 0 Å². The van der Waals surface area contributed by atoms with E-state index in [1.807, 2.05) is 25.2 Å². The summed E-state index contributed by atoms with van der Waals surface area (Å²) in [5.41, 5.74) is -0.367. The lowest BCUT2D eigenvalue weighted by Crippen LogP contribution is -2.39. The van der Waals surface area contributed by atoms with E-state index in [9.17, 15) is 0 Å². The summed E-state index contributed by atoms with van der Waals surface area (Å²) in [5.74, 6) is 1.20. The molecule has 1 aliphatic rings. The first-order valence-electron chi connectivity index (χ1n) is 4.84. The Labute approximate surface area is 92.0 Å². The first-order valence-corrected chi connectivity index (χ1v) is 4.84. The largest absolute Gasteiger partial charge is 0.468 e. The molecule has 1 aromatic carbocycles. The first kappa shape index (κ1) is 10.4. The van der Waals surface area contributed by atoms with Crippen molar-refractivity contribution in [3.63, 3.8) is 0 Å². The summed E-state index contributed by atoms with van der Waals surface area (Å²) in [6.45, 7) is 0.913. The molecule has 1 heterocycles. The second kappa shape index (κ2) is 3.81. The molecule has 5 heteroatoms. The quantitative estimate of drug-likeness (QED) is 0.703. The van der Waals surface area contributed by atoms with Gasteiger partial charge >= 0.3 is 0 Å². The second-order valence-electron chi connectivity index (χ2n) is 3.56. The second-order valence-corrected chi connectivity index (χ2v) is 3.56. The third-order valence-corrected chi connectivity index (χ3v) is 2.21. The number of hydrogen-bond donors (Lipinski definition) is 1. The number of ether oxygens (including phenoxy) is 2. The topological polar surface area (TPSA) is 30.5 Å². The Morgan fingerprint density at radius 1 is 1.27 bits per heavy atom. The van der Waals surface area contributed by atoms with Gasteiger partial charge in [0.25, 0.3) is 0 Å². The van der Waals surface area contributed by atoms with Gasteiger partial charge in [0.05, 0.1) is 0 Å². The summed E-state index contributed by atoms with van der Waals surface area (Å²) >= 11 is 0. The molecule has 0 bridgehead atoms. The van der Waals surface area contributed by atoms with E-state index in [1.54, 1.807) is 0 Å². The molecule has 0 spiro atoms. The number of benzene rings is 1. The van der Waals surface area contributed by atoms with E-state index in [2.05, 4.69) is 5.32 Å². The Morgan fingerprint density at radius 2 is 2.00 bits per heavy atom. The molecule has 4 radical (unpaired) electrons. The summed E-state index contributed by atoms with van der Waals surface area (Å²) < 4.78 is 10.4. The Kier molecular flexibility index (Phi) is 2.65. The number of rotatable bonds is 3. The van der Waals surface area contributed by atoms with Crippen LogP contribution in [0.3, 0.4) is 0 Å². The van der Waals surface area contributed by atoms with Crippen LogP contribution in [0.15, 0.2) is 18.2 Å². The zero-order valence-electron chi connectivity index (χ0n) is 8.62. The fourth-order valence-corrected chi connectivity index (χ4v) is 1.51. The smallest absolute Gasteiger partial charge is 0.175 e. The highest BCUT2D eigenvalue weighted by Gasteiger charge is 2.30. The zero-order valence-corrected chi connectivity index (χ0v) is 8.62. The van der Waals surface area contributed by atoms with E-state index < -0.39 is 5.59 Å². The molecule has 0 aliphatic carbocycles. The standard InChI is InChI=1S/C10H11B2NO2/c1-13-5-4-7-2-3-8-9(6-7)15-10(11,12)14-8/h2-3,6,13H,4-5H2,1H3. The summed E-state index contributed by atoms with van der Waals surface area (Å²) in [6.07, 6.45) is 0.926. The molecule has 0 saturated heterocycles. The molecular formula is C10H11B2NO2. The summed E-state index contributed by atoms with van der Waals surface area (Å²) in [5, 5.41) is 3.08. The normalized spacial score (nSPS) is 16.6. The van der Waals surface area contributed by atoms with Gasteiger partial charge < -0.3 is 14.8 Å². The van der Waals surface area contributed by atoms with Gasteiger partial charge in [-0.3, -0.25) is 0 Å². The highest BCUT2D eigenvalue weighted by molar-refractivity contribution is 6.38. The van der Waals surface area contributed by atoms with Gasteiger partial charge in [-0.1, -0.05) is 6.07 Å². The molecule has 15 heavy (non-hydrogen) atoms. The van der Waals surface area contributed by atoms with Gasteiger partial charge in [-0.05, 0) is 37.7 Å². The van der Waals surface area contributed by atoms with Crippen LogP contribution in [0.2, 0.25) is 0 Å². The Balaban J connectivity index is 2.15. The highest BCUT2D eigenvalue weighted by atomic mass is 16.7.